The van der Waals surface area contributed by atoms with Crippen molar-refractivity contribution >= 4 is 67.8 Å². The van der Waals surface area contributed by atoms with Crippen molar-refractivity contribution in [3.8, 4) is 11.5 Å². The zero-order valence-corrected chi connectivity index (χ0v) is 32.8. The molecule has 3 aromatic carbocycles. The third kappa shape index (κ3) is 8.02. The van der Waals surface area contributed by atoms with Gasteiger partial charge >= 0.3 is 0 Å². The van der Waals surface area contributed by atoms with Crippen molar-refractivity contribution in [3.05, 3.63) is 94.6 Å². The summed E-state index contributed by atoms with van der Waals surface area (Å²) in [6.07, 6.45) is 3.11. The molecule has 0 saturated heterocycles. The van der Waals surface area contributed by atoms with Crippen LogP contribution in [0.3, 0.4) is 0 Å². The van der Waals surface area contributed by atoms with Crippen molar-refractivity contribution in [2.75, 3.05) is 54.3 Å². The fourth-order valence-corrected chi connectivity index (χ4v) is 8.05. The minimum atomic E-state index is -0.332. The summed E-state index contributed by atoms with van der Waals surface area (Å²) in [4.78, 5) is 57.3. The number of rotatable bonds is 11. The highest BCUT2D eigenvalue weighted by Crippen LogP contribution is 2.42. The number of carbonyl (C=O) groups excluding carboxylic acids is 4. The topological polar surface area (TPSA) is 134 Å². The number of nitrogens with zero attached hydrogens (tertiary/aromatic N) is 3. The van der Waals surface area contributed by atoms with Crippen LogP contribution in [0.1, 0.15) is 69.7 Å². The molecule has 3 N–H and O–H groups in total. The van der Waals surface area contributed by atoms with Crippen LogP contribution in [0.2, 0.25) is 0 Å². The molecule has 0 spiro atoms. The Kier molecular flexibility index (Phi) is 10.3. The van der Waals surface area contributed by atoms with Crippen LogP contribution >= 0.6 is 11.3 Å². The molecule has 4 amide bonds. The zero-order chi connectivity index (χ0) is 39.0. The molecule has 0 aliphatic carbocycles. The SMILES string of the molecule is COc1cc2c(cc1OCCCC(=O)Nc1cc(C(=O)Nc3ccc4sc(C(=O)NCC(C)(C)C)cc4c3)n(C)c1)N(C)C[C@@H]1Cc3ccccc3N1C2=O. The number of likely N-dealkylation sites (N-methyl/N-ethyl adjacent to an activating group) is 1. The first-order valence-electron chi connectivity index (χ1n) is 18.3. The van der Waals surface area contributed by atoms with Gasteiger partial charge in [-0.1, -0.05) is 39.0 Å². The number of methoxy groups -OCH3 is 1. The van der Waals surface area contributed by atoms with E-state index in [-0.39, 0.29) is 48.1 Å². The lowest BCUT2D eigenvalue weighted by Gasteiger charge is -2.25. The van der Waals surface area contributed by atoms with Crippen molar-refractivity contribution in [1.29, 1.82) is 0 Å². The minimum Gasteiger partial charge on any atom is -0.493 e. The van der Waals surface area contributed by atoms with E-state index in [1.165, 1.54) is 16.9 Å². The van der Waals surface area contributed by atoms with Gasteiger partial charge in [-0.25, -0.2) is 0 Å². The van der Waals surface area contributed by atoms with Gasteiger partial charge in [0, 0.05) is 61.9 Å². The van der Waals surface area contributed by atoms with Crippen molar-refractivity contribution in [3.63, 3.8) is 0 Å². The van der Waals surface area contributed by atoms with Gasteiger partial charge in [0.15, 0.2) is 11.5 Å². The van der Waals surface area contributed by atoms with Gasteiger partial charge in [0.1, 0.15) is 5.69 Å². The number of ether oxygens (including phenoxy) is 2. The van der Waals surface area contributed by atoms with E-state index in [9.17, 15) is 19.2 Å². The smallest absolute Gasteiger partial charge is 0.272 e. The van der Waals surface area contributed by atoms with E-state index in [0.717, 1.165) is 27.9 Å². The maximum absolute atomic E-state index is 13.9. The summed E-state index contributed by atoms with van der Waals surface area (Å²) in [6.45, 7) is 7.69. The number of hydrogen-bond acceptors (Lipinski definition) is 8. The molecule has 5 aromatic rings. The van der Waals surface area contributed by atoms with Crippen LogP contribution in [0.15, 0.2) is 72.9 Å². The van der Waals surface area contributed by atoms with Crippen molar-refractivity contribution in [2.24, 2.45) is 12.5 Å². The molecule has 0 radical (unpaired) electrons. The van der Waals surface area contributed by atoms with E-state index in [0.29, 0.717) is 58.5 Å². The van der Waals surface area contributed by atoms with Crippen molar-refractivity contribution < 1.29 is 28.7 Å². The predicted octanol–water partition coefficient (Wildman–Crippen LogP) is 7.10. The Hall–Kier alpha value is -5.82. The Morgan fingerprint density at radius 3 is 2.49 bits per heavy atom. The second-order valence-corrected chi connectivity index (χ2v) is 16.4. The van der Waals surface area contributed by atoms with E-state index >= 15 is 0 Å². The van der Waals surface area contributed by atoms with Crippen LogP contribution in [0.25, 0.3) is 10.1 Å². The van der Waals surface area contributed by atoms with E-state index < -0.39 is 0 Å². The lowest BCUT2D eigenvalue weighted by molar-refractivity contribution is -0.116. The fraction of sp³-hybridized carbons (Fsp3) is 0.333. The largest absolute Gasteiger partial charge is 0.493 e. The summed E-state index contributed by atoms with van der Waals surface area (Å²) in [6, 6.07) is 20.7. The molecule has 2 aliphatic rings. The third-order valence-electron chi connectivity index (χ3n) is 9.80. The molecule has 55 heavy (non-hydrogen) atoms. The maximum atomic E-state index is 13.9. The summed E-state index contributed by atoms with van der Waals surface area (Å²) in [5.41, 5.74) is 4.89. The molecule has 0 unspecified atom stereocenters. The average molecular weight is 763 g/mol. The van der Waals surface area contributed by atoms with Gasteiger partial charge < -0.3 is 39.8 Å². The van der Waals surface area contributed by atoms with Gasteiger partial charge in [-0.3, -0.25) is 19.2 Å². The van der Waals surface area contributed by atoms with Crippen LogP contribution in [0.5, 0.6) is 11.5 Å². The minimum absolute atomic E-state index is 0.0211. The number of para-hydroxylation sites is 1. The Morgan fingerprint density at radius 2 is 1.71 bits per heavy atom. The number of aryl methyl sites for hydroxylation is 1. The highest BCUT2D eigenvalue weighted by atomic mass is 32.1. The molecule has 12 nitrogen and oxygen atoms in total. The van der Waals surface area contributed by atoms with Gasteiger partial charge in [-0.05, 0) is 71.7 Å². The van der Waals surface area contributed by atoms with Crippen molar-refractivity contribution in [2.45, 2.75) is 46.1 Å². The van der Waals surface area contributed by atoms with Crippen LogP contribution in [-0.2, 0) is 18.3 Å². The summed E-state index contributed by atoms with van der Waals surface area (Å²) in [5.74, 6) is 0.224. The number of aromatic nitrogens is 1. The normalized spacial score (nSPS) is 14.9. The standard InChI is InChI=1S/C42H46N6O6S/c1-42(2,3)24-43-40(51)37-18-26-16-27(13-14-36(26)55-37)45-39(50)33-19-28(22-46(33)4)44-38(49)12-9-15-54-35-21-32-30(20-34(35)53-6)41(52)48-29(23-47(32)5)17-25-10-7-8-11-31(25)48/h7-8,10-11,13-14,16,18-22,29H,9,12,15,17,23-24H2,1-6H3,(H,43,51)(H,44,49)(H,45,50)/t29-/m0/s1. The lowest BCUT2D eigenvalue weighted by atomic mass is 9.97. The molecule has 2 aliphatic heterocycles. The quantitative estimate of drug-likeness (QED) is 0.122. The summed E-state index contributed by atoms with van der Waals surface area (Å²) in [7, 11) is 5.27. The summed E-state index contributed by atoms with van der Waals surface area (Å²) in [5, 5.41) is 9.66. The highest BCUT2D eigenvalue weighted by molar-refractivity contribution is 7.20. The number of fused-ring (bicyclic) bond motifs is 5. The second kappa shape index (κ2) is 15.1. The molecule has 2 aromatic heterocycles. The first-order valence-corrected chi connectivity index (χ1v) is 19.2. The Bertz CT molecular complexity index is 2300. The Balaban J connectivity index is 0.927. The number of benzene rings is 3. The van der Waals surface area contributed by atoms with Crippen LogP contribution in [0, 0.1) is 5.41 Å². The zero-order valence-electron chi connectivity index (χ0n) is 31.9. The second-order valence-electron chi connectivity index (χ2n) is 15.3. The number of thiophene rings is 1. The van der Waals surface area contributed by atoms with Gasteiger partial charge in [-0.15, -0.1) is 11.3 Å². The Labute approximate surface area is 324 Å². The molecule has 286 valence electrons. The lowest BCUT2D eigenvalue weighted by Crippen LogP contribution is -2.41. The first-order chi connectivity index (χ1) is 26.3. The molecule has 13 heteroatoms. The van der Waals surface area contributed by atoms with E-state index in [1.807, 2.05) is 60.5 Å². The highest BCUT2D eigenvalue weighted by Gasteiger charge is 2.39. The number of nitrogens with one attached hydrogen (secondary N) is 3. The molecular weight excluding hydrogens is 717 g/mol. The number of carbonyl (C=O) groups is 4. The molecule has 0 fully saturated rings. The average Bonchev–Trinajstić information content (AvgIpc) is 3.83. The molecule has 4 heterocycles. The van der Waals surface area contributed by atoms with Crippen LogP contribution < -0.4 is 35.2 Å². The summed E-state index contributed by atoms with van der Waals surface area (Å²) >= 11 is 1.41. The van der Waals surface area contributed by atoms with E-state index in [4.69, 9.17) is 9.47 Å². The van der Waals surface area contributed by atoms with Gasteiger partial charge in [0.05, 0.1) is 41.6 Å². The maximum Gasteiger partial charge on any atom is 0.272 e. The van der Waals surface area contributed by atoms with Crippen molar-refractivity contribution in [1.82, 2.24) is 9.88 Å². The van der Waals surface area contributed by atoms with E-state index in [2.05, 4.69) is 47.7 Å². The van der Waals surface area contributed by atoms with Crippen LogP contribution in [-0.4, -0.2) is 68.1 Å². The molecule has 0 bridgehead atoms. The van der Waals surface area contributed by atoms with Gasteiger partial charge in [0.2, 0.25) is 5.91 Å². The first kappa shape index (κ1) is 37.5. The summed E-state index contributed by atoms with van der Waals surface area (Å²) < 4.78 is 14.4. The molecular formula is C42H46N6O6S. The van der Waals surface area contributed by atoms with Gasteiger partial charge in [-0.2, -0.15) is 0 Å². The number of hydrogen-bond donors (Lipinski definition) is 3. The third-order valence-corrected chi connectivity index (χ3v) is 10.9. The number of anilines is 4. The predicted molar refractivity (Wildman–Crippen MR) is 217 cm³/mol. The Morgan fingerprint density at radius 1 is 0.909 bits per heavy atom. The molecule has 1 atom stereocenters. The van der Waals surface area contributed by atoms with Crippen LogP contribution in [0.4, 0.5) is 22.7 Å². The number of amides is 4. The molecule has 7 rings (SSSR count). The van der Waals surface area contributed by atoms with E-state index in [1.54, 1.807) is 37.1 Å². The molecule has 0 saturated carbocycles. The van der Waals surface area contributed by atoms with Gasteiger partial charge in [0.25, 0.3) is 17.7 Å². The monoisotopic (exact) mass is 762 g/mol. The fourth-order valence-electron chi connectivity index (χ4n) is 7.09.